The Hall–Kier alpha value is -3.36. The summed E-state index contributed by atoms with van der Waals surface area (Å²) in [6, 6.07) is 18.1. The molecule has 3 heterocycles. The number of anilines is 2. The molecule has 0 atom stereocenters. The first kappa shape index (κ1) is 20.9. The van der Waals surface area contributed by atoms with Crippen molar-refractivity contribution in [3.05, 3.63) is 78.5 Å². The quantitative estimate of drug-likeness (QED) is 0.353. The smallest absolute Gasteiger partial charge is 0.322 e. The molecule has 1 radical (unpaired) electrons. The molecule has 0 saturated carbocycles. The molecule has 0 unspecified atom stereocenters. The van der Waals surface area contributed by atoms with Crippen LogP contribution in [0.25, 0.3) is 33.1 Å². The Morgan fingerprint density at radius 2 is 1.58 bits per heavy atom. The number of H-pyrrole nitrogens is 1. The summed E-state index contributed by atoms with van der Waals surface area (Å²) in [7, 11) is 0. The fourth-order valence-electron chi connectivity index (χ4n) is 3.43. The summed E-state index contributed by atoms with van der Waals surface area (Å²) in [4.78, 5) is 8.84. The van der Waals surface area contributed by atoms with E-state index in [9.17, 15) is 13.2 Å². The first-order valence-corrected chi connectivity index (χ1v) is 9.13. The average Bonchev–Trinajstić information content (AvgIpc) is 3.16. The van der Waals surface area contributed by atoms with E-state index >= 15 is 0 Å². The van der Waals surface area contributed by atoms with E-state index in [2.05, 4.69) is 25.5 Å². The molecule has 5 rings (SSSR count). The van der Waals surface area contributed by atoms with Gasteiger partial charge in [-0.3, -0.25) is 10.1 Å². The predicted molar refractivity (Wildman–Crippen MR) is 109 cm³/mol. The second-order valence-electron chi connectivity index (χ2n) is 6.71. The van der Waals surface area contributed by atoms with Gasteiger partial charge in [0.15, 0.2) is 5.82 Å². The van der Waals surface area contributed by atoms with Crippen LogP contribution < -0.4 is 5.32 Å². The van der Waals surface area contributed by atoms with Gasteiger partial charge in [0.05, 0.1) is 22.3 Å². The maximum absolute atomic E-state index is 13.6. The molecule has 0 fully saturated rings. The Balaban J connectivity index is 0.00000231. The fraction of sp³-hybridized carbons (Fsp3) is 0.0455. The van der Waals surface area contributed by atoms with E-state index in [0.29, 0.717) is 22.5 Å². The van der Waals surface area contributed by atoms with Crippen LogP contribution >= 0.6 is 0 Å². The minimum Gasteiger partial charge on any atom is -0.322 e. The summed E-state index contributed by atoms with van der Waals surface area (Å²) in [5.74, 6) is 0.911. The maximum atomic E-state index is 13.6. The molecule has 0 bridgehead atoms. The molecular weight excluding hydrogens is 442 g/mol. The summed E-state index contributed by atoms with van der Waals surface area (Å²) in [5, 5.41) is 11.9. The van der Waals surface area contributed by atoms with Gasteiger partial charge < -0.3 is 5.32 Å². The molecular formula is C22H14F3N5V. The molecule has 3 aromatic heterocycles. The molecule has 153 valence electrons. The van der Waals surface area contributed by atoms with Gasteiger partial charge in [0.1, 0.15) is 5.82 Å². The Morgan fingerprint density at radius 3 is 2.42 bits per heavy atom. The van der Waals surface area contributed by atoms with Crippen molar-refractivity contribution >= 4 is 33.4 Å². The van der Waals surface area contributed by atoms with Crippen molar-refractivity contribution in [2.45, 2.75) is 6.18 Å². The van der Waals surface area contributed by atoms with Gasteiger partial charge in [-0.1, -0.05) is 30.3 Å². The van der Waals surface area contributed by atoms with Crippen molar-refractivity contribution in [2.24, 2.45) is 0 Å². The Morgan fingerprint density at radius 1 is 0.839 bits per heavy atom. The number of hydrogen-bond donors (Lipinski definition) is 2. The molecule has 0 amide bonds. The van der Waals surface area contributed by atoms with Crippen LogP contribution in [0.4, 0.5) is 24.8 Å². The number of aromatic nitrogens is 4. The minimum atomic E-state index is -4.50. The van der Waals surface area contributed by atoms with Crippen LogP contribution in [-0.4, -0.2) is 20.2 Å². The zero-order valence-electron chi connectivity index (χ0n) is 15.9. The summed E-state index contributed by atoms with van der Waals surface area (Å²) >= 11 is 0. The molecule has 0 aliphatic carbocycles. The van der Waals surface area contributed by atoms with Crippen LogP contribution in [-0.2, 0) is 24.7 Å². The van der Waals surface area contributed by atoms with E-state index < -0.39 is 11.7 Å². The standard InChI is InChI=1S/C22H14F3N5.V/c23-22(24,25)16-9-3-1-6-13(16)19-12-18-15(8-5-11-26-18)20(27-19)28-21-14-7-2-4-10-17(14)29-30-21;/h1-12H,(H2,27,28,29,30);. The normalized spacial score (nSPS) is 11.5. The number of hydrogen-bond acceptors (Lipinski definition) is 4. The van der Waals surface area contributed by atoms with Gasteiger partial charge in [0.2, 0.25) is 0 Å². The molecule has 0 aliphatic heterocycles. The molecule has 0 aliphatic rings. The number of fused-ring (bicyclic) bond motifs is 2. The zero-order valence-corrected chi connectivity index (χ0v) is 17.2. The fourth-order valence-corrected chi connectivity index (χ4v) is 3.43. The molecule has 31 heavy (non-hydrogen) atoms. The van der Waals surface area contributed by atoms with Gasteiger partial charge in [-0.15, -0.1) is 0 Å². The number of para-hydroxylation sites is 1. The number of nitrogens with zero attached hydrogens (tertiary/aromatic N) is 3. The number of alkyl halides is 3. The van der Waals surface area contributed by atoms with E-state index in [1.165, 1.54) is 12.1 Å². The predicted octanol–water partition coefficient (Wildman–Crippen LogP) is 5.93. The Bertz CT molecular complexity index is 1380. The molecule has 0 saturated heterocycles. The van der Waals surface area contributed by atoms with Crippen molar-refractivity contribution in [2.75, 3.05) is 5.32 Å². The van der Waals surface area contributed by atoms with Crippen LogP contribution in [0.5, 0.6) is 0 Å². The van der Waals surface area contributed by atoms with E-state index in [4.69, 9.17) is 0 Å². The number of pyridine rings is 2. The van der Waals surface area contributed by atoms with E-state index in [1.54, 1.807) is 24.4 Å². The van der Waals surface area contributed by atoms with Gasteiger partial charge in [-0.2, -0.15) is 18.3 Å². The number of benzene rings is 2. The van der Waals surface area contributed by atoms with E-state index in [-0.39, 0.29) is 29.8 Å². The van der Waals surface area contributed by atoms with Crippen LogP contribution in [0.15, 0.2) is 72.9 Å². The molecule has 9 heteroatoms. The average molecular weight is 456 g/mol. The van der Waals surface area contributed by atoms with Crippen LogP contribution in [0.1, 0.15) is 5.56 Å². The SMILES string of the molecule is FC(F)(F)c1ccccc1-c1cc2ncccc2c(Nc2n[nH]c3ccccc23)n1.[V]. The molecule has 2 aromatic carbocycles. The van der Waals surface area contributed by atoms with Crippen LogP contribution in [0.3, 0.4) is 0 Å². The van der Waals surface area contributed by atoms with E-state index in [0.717, 1.165) is 17.0 Å². The van der Waals surface area contributed by atoms with Gasteiger partial charge >= 0.3 is 6.18 Å². The minimum absolute atomic E-state index is 0. The summed E-state index contributed by atoms with van der Waals surface area (Å²) in [5.41, 5.74) is 0.788. The third-order valence-electron chi connectivity index (χ3n) is 4.81. The van der Waals surface area contributed by atoms with Crippen LogP contribution in [0, 0.1) is 0 Å². The van der Waals surface area contributed by atoms with Gasteiger partial charge in [0, 0.05) is 41.1 Å². The number of aromatic amines is 1. The molecule has 5 aromatic rings. The van der Waals surface area contributed by atoms with Gasteiger partial charge in [0.25, 0.3) is 0 Å². The van der Waals surface area contributed by atoms with Crippen LogP contribution in [0.2, 0.25) is 0 Å². The summed E-state index contributed by atoms with van der Waals surface area (Å²) in [6.07, 6.45) is -2.90. The Kier molecular flexibility index (Phi) is 5.43. The molecule has 2 N–H and O–H groups in total. The number of nitrogens with one attached hydrogen (secondary N) is 2. The summed E-state index contributed by atoms with van der Waals surface area (Å²) < 4.78 is 40.7. The first-order chi connectivity index (χ1) is 14.5. The van der Waals surface area contributed by atoms with Crippen molar-refractivity contribution < 1.29 is 31.7 Å². The topological polar surface area (TPSA) is 66.5 Å². The van der Waals surface area contributed by atoms with Crippen molar-refractivity contribution in [1.82, 2.24) is 20.2 Å². The van der Waals surface area contributed by atoms with Crippen molar-refractivity contribution in [1.29, 1.82) is 0 Å². The summed E-state index contributed by atoms with van der Waals surface area (Å²) in [6.45, 7) is 0. The molecule has 0 spiro atoms. The molecule has 5 nitrogen and oxygen atoms in total. The van der Waals surface area contributed by atoms with Crippen molar-refractivity contribution in [3.63, 3.8) is 0 Å². The number of halogens is 3. The van der Waals surface area contributed by atoms with Crippen molar-refractivity contribution in [3.8, 4) is 11.3 Å². The third kappa shape index (κ3) is 3.87. The maximum Gasteiger partial charge on any atom is 0.417 e. The third-order valence-corrected chi connectivity index (χ3v) is 4.81. The van der Waals surface area contributed by atoms with Gasteiger partial charge in [-0.05, 0) is 36.4 Å². The van der Waals surface area contributed by atoms with Gasteiger partial charge in [-0.25, -0.2) is 4.98 Å². The van der Waals surface area contributed by atoms with E-state index in [1.807, 2.05) is 30.3 Å². The zero-order chi connectivity index (χ0) is 20.7. The monoisotopic (exact) mass is 456 g/mol. The largest absolute Gasteiger partial charge is 0.417 e. The second-order valence-corrected chi connectivity index (χ2v) is 6.71. The second kappa shape index (κ2) is 8.05. The number of rotatable bonds is 3. The first-order valence-electron chi connectivity index (χ1n) is 9.13. The Labute approximate surface area is 186 Å².